The predicted octanol–water partition coefficient (Wildman–Crippen LogP) is 2.92. The summed E-state index contributed by atoms with van der Waals surface area (Å²) in [6.45, 7) is 7.19. The third kappa shape index (κ3) is 5.41. The van der Waals surface area contributed by atoms with Crippen molar-refractivity contribution in [2.24, 2.45) is 0 Å². The maximum Gasteiger partial charge on any atom is 0.335 e. The molecule has 2 N–H and O–H groups in total. The SMILES string of the molecule is C[C@H]1CN(Cc2ccc(C(=O)NCc3ccc(C(=O)O)cc3)cc2)C[C@H](C)O1. The van der Waals surface area contributed by atoms with Gasteiger partial charge in [0.25, 0.3) is 5.91 Å². The number of morpholine rings is 1. The first-order valence-corrected chi connectivity index (χ1v) is 9.48. The molecule has 0 radical (unpaired) electrons. The van der Waals surface area contributed by atoms with Gasteiger partial charge >= 0.3 is 5.97 Å². The van der Waals surface area contributed by atoms with Crippen LogP contribution in [-0.2, 0) is 17.8 Å². The molecule has 2 aromatic rings. The van der Waals surface area contributed by atoms with Gasteiger partial charge < -0.3 is 15.2 Å². The van der Waals surface area contributed by atoms with Crippen LogP contribution in [0.2, 0.25) is 0 Å². The third-order valence-electron chi connectivity index (χ3n) is 4.77. The summed E-state index contributed by atoms with van der Waals surface area (Å²) in [6, 6.07) is 14.1. The summed E-state index contributed by atoms with van der Waals surface area (Å²) < 4.78 is 5.76. The van der Waals surface area contributed by atoms with Crippen LogP contribution in [0, 0.1) is 0 Å². The molecule has 1 aliphatic rings. The van der Waals surface area contributed by atoms with Crippen LogP contribution in [0.15, 0.2) is 48.5 Å². The summed E-state index contributed by atoms with van der Waals surface area (Å²) in [5.74, 6) is -1.11. The lowest BCUT2D eigenvalue weighted by Gasteiger charge is -2.35. The number of hydrogen-bond donors (Lipinski definition) is 2. The fraction of sp³-hybridized carbons (Fsp3) is 0.364. The molecular formula is C22H26N2O4. The second kappa shape index (κ2) is 8.99. The highest BCUT2D eigenvalue weighted by Crippen LogP contribution is 2.15. The molecule has 0 aromatic heterocycles. The second-order valence-corrected chi connectivity index (χ2v) is 7.33. The lowest BCUT2D eigenvalue weighted by atomic mass is 10.1. The van der Waals surface area contributed by atoms with E-state index < -0.39 is 5.97 Å². The van der Waals surface area contributed by atoms with Crippen LogP contribution >= 0.6 is 0 Å². The molecular weight excluding hydrogens is 356 g/mol. The summed E-state index contributed by atoms with van der Waals surface area (Å²) in [7, 11) is 0. The Morgan fingerprint density at radius 1 is 0.964 bits per heavy atom. The third-order valence-corrected chi connectivity index (χ3v) is 4.77. The Kier molecular flexibility index (Phi) is 6.44. The van der Waals surface area contributed by atoms with E-state index in [1.54, 1.807) is 12.1 Å². The Bertz CT molecular complexity index is 807. The Morgan fingerprint density at radius 3 is 2.07 bits per heavy atom. The van der Waals surface area contributed by atoms with Crippen molar-refractivity contribution in [3.8, 4) is 0 Å². The summed E-state index contributed by atoms with van der Waals surface area (Å²) in [5.41, 5.74) is 2.86. The predicted molar refractivity (Wildman–Crippen MR) is 106 cm³/mol. The first-order valence-electron chi connectivity index (χ1n) is 9.48. The smallest absolute Gasteiger partial charge is 0.335 e. The lowest BCUT2D eigenvalue weighted by molar-refractivity contribution is -0.0704. The van der Waals surface area contributed by atoms with Crippen molar-refractivity contribution in [1.29, 1.82) is 0 Å². The fourth-order valence-corrected chi connectivity index (χ4v) is 3.48. The Morgan fingerprint density at radius 2 is 1.50 bits per heavy atom. The van der Waals surface area contributed by atoms with Gasteiger partial charge in [-0.25, -0.2) is 4.79 Å². The average molecular weight is 382 g/mol. The van der Waals surface area contributed by atoms with Gasteiger partial charge in [0, 0.05) is 31.7 Å². The lowest BCUT2D eigenvalue weighted by Crippen LogP contribution is -2.44. The van der Waals surface area contributed by atoms with E-state index in [4.69, 9.17) is 9.84 Å². The highest BCUT2D eigenvalue weighted by molar-refractivity contribution is 5.94. The van der Waals surface area contributed by atoms with Crippen molar-refractivity contribution in [2.45, 2.75) is 39.1 Å². The van der Waals surface area contributed by atoms with Crippen LogP contribution in [-0.4, -0.2) is 47.2 Å². The van der Waals surface area contributed by atoms with E-state index in [9.17, 15) is 9.59 Å². The molecule has 1 fully saturated rings. The first kappa shape index (κ1) is 20.0. The van der Waals surface area contributed by atoms with Gasteiger partial charge in [0.05, 0.1) is 17.8 Å². The van der Waals surface area contributed by atoms with E-state index in [0.717, 1.165) is 25.2 Å². The van der Waals surface area contributed by atoms with Crippen molar-refractivity contribution in [1.82, 2.24) is 10.2 Å². The molecule has 0 aliphatic carbocycles. The zero-order valence-electron chi connectivity index (χ0n) is 16.2. The number of benzene rings is 2. The Balaban J connectivity index is 1.52. The summed E-state index contributed by atoms with van der Waals surface area (Å²) in [5, 5.41) is 11.8. The number of ether oxygens (including phenoxy) is 1. The molecule has 1 amide bonds. The molecule has 2 atom stereocenters. The number of carboxylic acid groups (broad SMARTS) is 1. The molecule has 2 aromatic carbocycles. The largest absolute Gasteiger partial charge is 0.478 e. The van der Waals surface area contributed by atoms with E-state index in [2.05, 4.69) is 24.1 Å². The van der Waals surface area contributed by atoms with Crippen LogP contribution in [0.25, 0.3) is 0 Å². The maximum absolute atomic E-state index is 12.3. The van der Waals surface area contributed by atoms with Gasteiger partial charge in [0.1, 0.15) is 0 Å². The average Bonchev–Trinajstić information content (AvgIpc) is 2.66. The van der Waals surface area contributed by atoms with E-state index in [-0.39, 0.29) is 23.7 Å². The number of rotatable bonds is 6. The van der Waals surface area contributed by atoms with Crippen LogP contribution in [0.5, 0.6) is 0 Å². The van der Waals surface area contributed by atoms with Crippen molar-refractivity contribution in [3.05, 3.63) is 70.8 Å². The Hall–Kier alpha value is -2.70. The topological polar surface area (TPSA) is 78.9 Å². The summed E-state index contributed by atoms with van der Waals surface area (Å²) in [4.78, 5) is 25.6. The second-order valence-electron chi connectivity index (χ2n) is 7.33. The molecule has 28 heavy (non-hydrogen) atoms. The molecule has 0 saturated carbocycles. The minimum absolute atomic E-state index is 0.150. The molecule has 3 rings (SSSR count). The van der Waals surface area contributed by atoms with Gasteiger partial charge in [-0.1, -0.05) is 24.3 Å². The molecule has 6 nitrogen and oxygen atoms in total. The van der Waals surface area contributed by atoms with Gasteiger partial charge in [-0.15, -0.1) is 0 Å². The van der Waals surface area contributed by atoms with Gasteiger partial charge in [-0.3, -0.25) is 9.69 Å². The molecule has 148 valence electrons. The first-order chi connectivity index (χ1) is 13.4. The number of hydrogen-bond acceptors (Lipinski definition) is 4. The molecule has 0 spiro atoms. The minimum atomic E-state index is -0.961. The Labute approximate surface area is 165 Å². The number of carboxylic acids is 1. The number of carbonyl (C=O) groups excluding carboxylic acids is 1. The van der Waals surface area contributed by atoms with Crippen molar-refractivity contribution in [2.75, 3.05) is 13.1 Å². The molecule has 1 aliphatic heterocycles. The van der Waals surface area contributed by atoms with E-state index in [1.165, 1.54) is 17.7 Å². The highest BCUT2D eigenvalue weighted by atomic mass is 16.5. The number of amides is 1. The van der Waals surface area contributed by atoms with Gasteiger partial charge in [-0.2, -0.15) is 0 Å². The van der Waals surface area contributed by atoms with Gasteiger partial charge in [-0.05, 0) is 49.2 Å². The fourth-order valence-electron chi connectivity index (χ4n) is 3.48. The van der Waals surface area contributed by atoms with Crippen LogP contribution < -0.4 is 5.32 Å². The zero-order chi connectivity index (χ0) is 20.1. The standard InChI is InChI=1S/C22H26N2O4/c1-15-12-24(13-16(2)28-15)14-18-5-7-19(8-6-18)21(25)23-11-17-3-9-20(10-4-17)22(26)27/h3-10,15-16H,11-14H2,1-2H3,(H,23,25)(H,26,27)/t15-,16-/m0/s1. The van der Waals surface area contributed by atoms with E-state index in [1.807, 2.05) is 24.3 Å². The van der Waals surface area contributed by atoms with Gasteiger partial charge in [0.15, 0.2) is 0 Å². The van der Waals surface area contributed by atoms with Crippen molar-refractivity contribution in [3.63, 3.8) is 0 Å². The van der Waals surface area contributed by atoms with E-state index in [0.29, 0.717) is 12.1 Å². The number of carbonyl (C=O) groups is 2. The van der Waals surface area contributed by atoms with Crippen molar-refractivity contribution < 1.29 is 19.4 Å². The van der Waals surface area contributed by atoms with Crippen molar-refractivity contribution >= 4 is 11.9 Å². The summed E-state index contributed by atoms with van der Waals surface area (Å²) in [6.07, 6.45) is 0.469. The number of nitrogens with one attached hydrogen (secondary N) is 1. The van der Waals surface area contributed by atoms with Crippen LogP contribution in [0.4, 0.5) is 0 Å². The number of nitrogens with zero attached hydrogens (tertiary/aromatic N) is 1. The molecule has 0 unspecified atom stereocenters. The highest BCUT2D eigenvalue weighted by Gasteiger charge is 2.22. The minimum Gasteiger partial charge on any atom is -0.478 e. The molecule has 1 heterocycles. The van der Waals surface area contributed by atoms with Crippen LogP contribution in [0.3, 0.4) is 0 Å². The number of aromatic carboxylic acids is 1. The molecule has 0 bridgehead atoms. The zero-order valence-corrected chi connectivity index (χ0v) is 16.2. The van der Waals surface area contributed by atoms with Crippen LogP contribution in [0.1, 0.15) is 45.7 Å². The normalized spacial score (nSPS) is 19.9. The quantitative estimate of drug-likeness (QED) is 0.803. The molecule has 6 heteroatoms. The summed E-state index contributed by atoms with van der Waals surface area (Å²) >= 11 is 0. The maximum atomic E-state index is 12.3. The van der Waals surface area contributed by atoms with E-state index >= 15 is 0 Å². The monoisotopic (exact) mass is 382 g/mol. The van der Waals surface area contributed by atoms with Gasteiger partial charge in [0.2, 0.25) is 0 Å². The molecule has 1 saturated heterocycles.